The van der Waals surface area contributed by atoms with Gasteiger partial charge in [0.1, 0.15) is 0 Å². The summed E-state index contributed by atoms with van der Waals surface area (Å²) in [4.78, 5) is 0. The molecule has 1 N–H and O–H groups in total. The van der Waals surface area contributed by atoms with Crippen molar-refractivity contribution in [3.63, 3.8) is 0 Å². The molecule has 1 fully saturated rings. The van der Waals surface area contributed by atoms with Crippen LogP contribution in [0.4, 0.5) is 0 Å². The lowest BCUT2D eigenvalue weighted by molar-refractivity contribution is 0.527. The van der Waals surface area contributed by atoms with Crippen molar-refractivity contribution in [1.82, 2.24) is 5.32 Å². The zero-order valence-corrected chi connectivity index (χ0v) is 11.5. The van der Waals surface area contributed by atoms with Crippen LogP contribution in [0.15, 0.2) is 12.1 Å². The SMILES string of the molecule is Cc1cc(C)c(CCNC2CCCC2)cc1C. The number of benzene rings is 1. The molecule has 1 aliphatic carbocycles. The molecule has 1 nitrogen and oxygen atoms in total. The van der Waals surface area contributed by atoms with Gasteiger partial charge in [0.2, 0.25) is 0 Å². The Bertz CT molecular complexity index is 375. The summed E-state index contributed by atoms with van der Waals surface area (Å²) in [5.74, 6) is 0. The summed E-state index contributed by atoms with van der Waals surface area (Å²) in [7, 11) is 0. The molecule has 1 aliphatic rings. The molecule has 0 atom stereocenters. The van der Waals surface area contributed by atoms with E-state index in [1.165, 1.54) is 54.4 Å². The van der Waals surface area contributed by atoms with Gasteiger partial charge in [-0.15, -0.1) is 0 Å². The van der Waals surface area contributed by atoms with Crippen LogP contribution in [-0.2, 0) is 6.42 Å². The van der Waals surface area contributed by atoms with Gasteiger partial charge in [-0.2, -0.15) is 0 Å². The molecule has 17 heavy (non-hydrogen) atoms. The minimum Gasteiger partial charge on any atom is -0.314 e. The molecular weight excluding hydrogens is 206 g/mol. The van der Waals surface area contributed by atoms with Gasteiger partial charge in [-0.25, -0.2) is 0 Å². The Balaban J connectivity index is 1.87. The summed E-state index contributed by atoms with van der Waals surface area (Å²) in [5, 5.41) is 3.69. The predicted octanol–water partition coefficient (Wildman–Crippen LogP) is 3.69. The second-order valence-corrected chi connectivity index (χ2v) is 5.55. The van der Waals surface area contributed by atoms with Crippen LogP contribution in [0.3, 0.4) is 0 Å². The fourth-order valence-corrected chi connectivity index (χ4v) is 2.83. The Morgan fingerprint density at radius 2 is 1.65 bits per heavy atom. The van der Waals surface area contributed by atoms with Crippen molar-refractivity contribution in [2.45, 2.75) is 58.9 Å². The molecule has 0 amide bonds. The average Bonchev–Trinajstić information content (AvgIpc) is 2.78. The fraction of sp³-hybridized carbons (Fsp3) is 0.625. The molecule has 2 rings (SSSR count). The van der Waals surface area contributed by atoms with Gasteiger partial charge in [-0.05, 0) is 68.8 Å². The molecule has 0 bridgehead atoms. The normalized spacial score (nSPS) is 16.6. The molecule has 94 valence electrons. The fourth-order valence-electron chi connectivity index (χ4n) is 2.83. The van der Waals surface area contributed by atoms with E-state index in [0.717, 1.165) is 12.6 Å². The molecule has 0 aromatic heterocycles. The van der Waals surface area contributed by atoms with E-state index < -0.39 is 0 Å². The van der Waals surface area contributed by atoms with E-state index in [-0.39, 0.29) is 0 Å². The lowest BCUT2D eigenvalue weighted by Gasteiger charge is -2.14. The third kappa shape index (κ3) is 3.32. The van der Waals surface area contributed by atoms with Gasteiger partial charge in [-0.1, -0.05) is 25.0 Å². The number of nitrogens with one attached hydrogen (secondary N) is 1. The van der Waals surface area contributed by atoms with Crippen molar-refractivity contribution in [1.29, 1.82) is 0 Å². The molecule has 0 aliphatic heterocycles. The summed E-state index contributed by atoms with van der Waals surface area (Å²) < 4.78 is 0. The zero-order valence-electron chi connectivity index (χ0n) is 11.5. The van der Waals surface area contributed by atoms with Crippen molar-refractivity contribution < 1.29 is 0 Å². The first-order valence-corrected chi connectivity index (χ1v) is 6.97. The van der Waals surface area contributed by atoms with Gasteiger partial charge in [0.15, 0.2) is 0 Å². The summed E-state index contributed by atoms with van der Waals surface area (Å²) in [5.41, 5.74) is 5.79. The van der Waals surface area contributed by atoms with Crippen LogP contribution < -0.4 is 5.32 Å². The number of hydrogen-bond donors (Lipinski definition) is 1. The van der Waals surface area contributed by atoms with E-state index in [9.17, 15) is 0 Å². The topological polar surface area (TPSA) is 12.0 Å². The summed E-state index contributed by atoms with van der Waals surface area (Å²) in [6.45, 7) is 7.77. The van der Waals surface area contributed by atoms with E-state index in [1.807, 2.05) is 0 Å². The Morgan fingerprint density at radius 3 is 2.35 bits per heavy atom. The molecule has 1 saturated carbocycles. The molecule has 1 heteroatoms. The molecule has 0 radical (unpaired) electrons. The Kier molecular flexibility index (Phi) is 4.22. The summed E-state index contributed by atoms with van der Waals surface area (Å²) in [6.07, 6.45) is 6.77. The molecule has 0 saturated heterocycles. The van der Waals surface area contributed by atoms with Crippen molar-refractivity contribution >= 4 is 0 Å². The van der Waals surface area contributed by atoms with Crippen molar-refractivity contribution in [3.05, 3.63) is 34.4 Å². The van der Waals surface area contributed by atoms with Crippen molar-refractivity contribution in [2.24, 2.45) is 0 Å². The first-order valence-electron chi connectivity index (χ1n) is 6.97. The van der Waals surface area contributed by atoms with Gasteiger partial charge < -0.3 is 5.32 Å². The van der Waals surface area contributed by atoms with Gasteiger partial charge >= 0.3 is 0 Å². The standard InChI is InChI=1S/C16H25N/c1-12-10-14(3)15(11-13(12)2)8-9-17-16-6-4-5-7-16/h10-11,16-17H,4-9H2,1-3H3. The van der Waals surface area contributed by atoms with Crippen molar-refractivity contribution in [2.75, 3.05) is 6.54 Å². The Hall–Kier alpha value is -0.820. The third-order valence-electron chi connectivity index (χ3n) is 4.13. The monoisotopic (exact) mass is 231 g/mol. The zero-order chi connectivity index (χ0) is 12.3. The molecule has 0 heterocycles. The lowest BCUT2D eigenvalue weighted by atomic mass is 9.99. The van der Waals surface area contributed by atoms with E-state index in [2.05, 4.69) is 38.2 Å². The van der Waals surface area contributed by atoms with Crippen LogP contribution in [-0.4, -0.2) is 12.6 Å². The van der Waals surface area contributed by atoms with E-state index in [4.69, 9.17) is 0 Å². The van der Waals surface area contributed by atoms with E-state index >= 15 is 0 Å². The van der Waals surface area contributed by atoms with E-state index in [0.29, 0.717) is 0 Å². The van der Waals surface area contributed by atoms with Crippen LogP contribution in [0.25, 0.3) is 0 Å². The quantitative estimate of drug-likeness (QED) is 0.833. The maximum atomic E-state index is 3.69. The highest BCUT2D eigenvalue weighted by Crippen LogP contribution is 2.18. The Morgan fingerprint density at radius 1 is 1.00 bits per heavy atom. The minimum atomic E-state index is 0.793. The van der Waals surface area contributed by atoms with E-state index in [1.54, 1.807) is 0 Å². The van der Waals surface area contributed by atoms with Crippen LogP contribution in [0.5, 0.6) is 0 Å². The van der Waals surface area contributed by atoms with Crippen LogP contribution in [0, 0.1) is 20.8 Å². The highest BCUT2D eigenvalue weighted by atomic mass is 14.9. The minimum absolute atomic E-state index is 0.793. The lowest BCUT2D eigenvalue weighted by Crippen LogP contribution is -2.28. The molecule has 1 aromatic carbocycles. The number of hydrogen-bond acceptors (Lipinski definition) is 1. The van der Waals surface area contributed by atoms with Crippen LogP contribution >= 0.6 is 0 Å². The average molecular weight is 231 g/mol. The number of rotatable bonds is 4. The first kappa shape index (κ1) is 12.6. The second kappa shape index (κ2) is 5.68. The molecule has 0 spiro atoms. The Labute approximate surface area is 106 Å². The van der Waals surface area contributed by atoms with Gasteiger partial charge in [0, 0.05) is 6.04 Å². The van der Waals surface area contributed by atoms with Gasteiger partial charge in [-0.3, -0.25) is 0 Å². The molecule has 1 aromatic rings. The van der Waals surface area contributed by atoms with Gasteiger partial charge in [0.25, 0.3) is 0 Å². The number of aryl methyl sites for hydroxylation is 3. The smallest absolute Gasteiger partial charge is 0.00671 e. The van der Waals surface area contributed by atoms with Crippen molar-refractivity contribution in [3.8, 4) is 0 Å². The highest BCUT2D eigenvalue weighted by molar-refractivity contribution is 5.36. The van der Waals surface area contributed by atoms with Crippen LogP contribution in [0.1, 0.15) is 47.9 Å². The first-order chi connectivity index (χ1) is 8.16. The predicted molar refractivity (Wildman–Crippen MR) is 74.6 cm³/mol. The maximum absolute atomic E-state index is 3.69. The third-order valence-corrected chi connectivity index (χ3v) is 4.13. The summed E-state index contributed by atoms with van der Waals surface area (Å²) >= 11 is 0. The van der Waals surface area contributed by atoms with Gasteiger partial charge in [0.05, 0.1) is 0 Å². The van der Waals surface area contributed by atoms with Crippen LogP contribution in [0.2, 0.25) is 0 Å². The second-order valence-electron chi connectivity index (χ2n) is 5.55. The summed E-state index contributed by atoms with van der Waals surface area (Å²) in [6, 6.07) is 5.48. The molecule has 0 unspecified atom stereocenters. The molecular formula is C16H25N. The largest absolute Gasteiger partial charge is 0.314 e. The highest BCUT2D eigenvalue weighted by Gasteiger charge is 2.13. The maximum Gasteiger partial charge on any atom is 0.00671 e.